The van der Waals surface area contributed by atoms with Crippen LogP contribution in [0.25, 0.3) is 0 Å². The van der Waals surface area contributed by atoms with Gasteiger partial charge in [0.1, 0.15) is 16.7 Å². The van der Waals surface area contributed by atoms with Gasteiger partial charge < -0.3 is 9.52 Å². The molecule has 2 aliphatic rings. The van der Waals surface area contributed by atoms with Crippen molar-refractivity contribution < 1.29 is 19.2 Å². The Balaban J connectivity index is 1.75. The first-order valence-electron chi connectivity index (χ1n) is 6.76. The number of carboxylic acid groups (broad SMARTS) is 1. The van der Waals surface area contributed by atoms with Crippen molar-refractivity contribution in [3.63, 3.8) is 0 Å². The van der Waals surface area contributed by atoms with Crippen LogP contribution in [0.4, 0.5) is 5.88 Å². The number of nitrogens with zero attached hydrogens (tertiary/aromatic N) is 2. The van der Waals surface area contributed by atoms with Crippen molar-refractivity contribution >= 4 is 11.9 Å². The third-order valence-corrected chi connectivity index (χ3v) is 4.43. The molecule has 1 aromatic rings. The first kappa shape index (κ1) is 13.1. The summed E-state index contributed by atoms with van der Waals surface area (Å²) in [5.41, 5.74) is 0. The Bertz CT molecular complexity index is 541. The van der Waals surface area contributed by atoms with Crippen molar-refractivity contribution in [1.82, 2.24) is 4.90 Å². The van der Waals surface area contributed by atoms with Crippen LogP contribution in [-0.2, 0) is 11.3 Å². The number of likely N-dealkylation sites (tertiary alicyclic amines) is 1. The fraction of sp³-hybridized carbons (Fsp3) is 0.615. The number of hydrogen-bond donors (Lipinski definition) is 1. The fourth-order valence-electron chi connectivity index (χ4n) is 3.65. The highest BCUT2D eigenvalue weighted by Crippen LogP contribution is 2.42. The van der Waals surface area contributed by atoms with E-state index in [0.717, 1.165) is 25.8 Å². The molecular weight excluding hydrogens is 264 g/mol. The summed E-state index contributed by atoms with van der Waals surface area (Å²) in [7, 11) is 0. The lowest BCUT2D eigenvalue weighted by Crippen LogP contribution is -2.39. The van der Waals surface area contributed by atoms with E-state index in [1.54, 1.807) is 6.07 Å². The van der Waals surface area contributed by atoms with Gasteiger partial charge in [-0.3, -0.25) is 19.8 Å². The zero-order chi connectivity index (χ0) is 14.3. The van der Waals surface area contributed by atoms with E-state index in [9.17, 15) is 20.0 Å². The van der Waals surface area contributed by atoms with Gasteiger partial charge in [-0.05, 0) is 30.7 Å². The van der Waals surface area contributed by atoms with E-state index < -0.39 is 16.9 Å². The summed E-state index contributed by atoms with van der Waals surface area (Å²) in [6.07, 6.45) is 3.12. The molecule has 2 heterocycles. The minimum Gasteiger partial charge on any atom is -0.480 e. The van der Waals surface area contributed by atoms with Crippen LogP contribution in [0, 0.1) is 22.0 Å². The Kier molecular flexibility index (Phi) is 3.21. The van der Waals surface area contributed by atoms with Gasteiger partial charge in [0, 0.05) is 6.54 Å². The molecule has 1 saturated carbocycles. The second-order valence-electron chi connectivity index (χ2n) is 5.56. The van der Waals surface area contributed by atoms with E-state index in [-0.39, 0.29) is 11.8 Å². The quantitative estimate of drug-likeness (QED) is 0.668. The molecule has 1 aromatic heterocycles. The van der Waals surface area contributed by atoms with Gasteiger partial charge in [-0.1, -0.05) is 6.42 Å². The normalized spacial score (nSPS) is 29.5. The molecule has 3 unspecified atom stereocenters. The second-order valence-corrected chi connectivity index (χ2v) is 5.56. The molecule has 0 spiro atoms. The Labute approximate surface area is 115 Å². The molecule has 1 aliphatic heterocycles. The maximum Gasteiger partial charge on any atom is 0.433 e. The van der Waals surface area contributed by atoms with Crippen LogP contribution in [0.3, 0.4) is 0 Å². The smallest absolute Gasteiger partial charge is 0.433 e. The molecule has 7 heteroatoms. The lowest BCUT2D eigenvalue weighted by molar-refractivity contribution is -0.402. The number of carboxylic acids is 1. The molecule has 1 N–H and O–H groups in total. The summed E-state index contributed by atoms with van der Waals surface area (Å²) >= 11 is 0. The van der Waals surface area contributed by atoms with Gasteiger partial charge >= 0.3 is 11.9 Å². The van der Waals surface area contributed by atoms with E-state index >= 15 is 0 Å². The van der Waals surface area contributed by atoms with Crippen LogP contribution in [0.2, 0.25) is 0 Å². The molecule has 0 aromatic carbocycles. The maximum atomic E-state index is 11.5. The van der Waals surface area contributed by atoms with Crippen LogP contribution >= 0.6 is 0 Å². The monoisotopic (exact) mass is 280 g/mol. The molecular formula is C13H16N2O5. The maximum absolute atomic E-state index is 11.5. The standard InChI is InChI=1S/C13H16N2O5/c16-13(17)12-10-3-1-2-8(10)6-14(12)7-9-4-5-11(20-9)15(18)19/h4-5,8,10,12H,1-3,6-7H2,(H,16,17). The van der Waals surface area contributed by atoms with Gasteiger partial charge in [-0.25, -0.2) is 0 Å². The van der Waals surface area contributed by atoms with Crippen molar-refractivity contribution in [1.29, 1.82) is 0 Å². The number of carbonyl (C=O) groups is 1. The molecule has 20 heavy (non-hydrogen) atoms. The first-order valence-corrected chi connectivity index (χ1v) is 6.76. The Morgan fingerprint density at radius 2 is 2.30 bits per heavy atom. The van der Waals surface area contributed by atoms with Crippen LogP contribution in [-0.4, -0.2) is 33.5 Å². The summed E-state index contributed by atoms with van der Waals surface area (Å²) in [6.45, 7) is 1.05. The molecule has 0 bridgehead atoms. The van der Waals surface area contributed by atoms with Crippen LogP contribution < -0.4 is 0 Å². The molecule has 3 rings (SSSR count). The molecule has 108 valence electrons. The molecule has 1 aliphatic carbocycles. The number of aliphatic carboxylic acids is 1. The third kappa shape index (κ3) is 2.18. The van der Waals surface area contributed by atoms with Gasteiger partial charge in [0.2, 0.25) is 0 Å². The molecule has 7 nitrogen and oxygen atoms in total. The van der Waals surface area contributed by atoms with Gasteiger partial charge in [0.15, 0.2) is 0 Å². The second kappa shape index (κ2) is 4.90. The lowest BCUT2D eigenvalue weighted by Gasteiger charge is -2.22. The highest BCUT2D eigenvalue weighted by Gasteiger charge is 2.47. The zero-order valence-corrected chi connectivity index (χ0v) is 10.9. The number of nitro groups is 1. The Morgan fingerprint density at radius 1 is 1.50 bits per heavy atom. The number of hydrogen-bond acceptors (Lipinski definition) is 5. The summed E-state index contributed by atoms with van der Waals surface area (Å²) in [5, 5.41) is 20.0. The topological polar surface area (TPSA) is 96.8 Å². The van der Waals surface area contributed by atoms with Crippen molar-refractivity contribution in [2.24, 2.45) is 11.8 Å². The van der Waals surface area contributed by atoms with E-state index in [1.807, 2.05) is 4.90 Å². The molecule has 0 amide bonds. The SMILES string of the molecule is O=C(O)C1C2CCCC2CN1Cc1ccc([N+](=O)[O-])o1. The molecule has 0 radical (unpaired) electrons. The molecule has 3 atom stereocenters. The largest absolute Gasteiger partial charge is 0.480 e. The van der Waals surface area contributed by atoms with Crippen molar-refractivity contribution in [3.8, 4) is 0 Å². The van der Waals surface area contributed by atoms with E-state index in [2.05, 4.69) is 0 Å². The van der Waals surface area contributed by atoms with E-state index in [0.29, 0.717) is 18.2 Å². The first-order chi connectivity index (χ1) is 9.56. The van der Waals surface area contributed by atoms with Crippen molar-refractivity contribution in [3.05, 3.63) is 28.0 Å². The number of fused-ring (bicyclic) bond motifs is 1. The van der Waals surface area contributed by atoms with Crippen LogP contribution in [0.5, 0.6) is 0 Å². The molecule has 1 saturated heterocycles. The van der Waals surface area contributed by atoms with Crippen LogP contribution in [0.1, 0.15) is 25.0 Å². The predicted molar refractivity (Wildman–Crippen MR) is 68.0 cm³/mol. The van der Waals surface area contributed by atoms with E-state index in [1.165, 1.54) is 6.07 Å². The average molecular weight is 280 g/mol. The summed E-state index contributed by atoms with van der Waals surface area (Å²) in [5.74, 6) is -0.0202. The minimum atomic E-state index is -0.805. The van der Waals surface area contributed by atoms with Gasteiger partial charge in [0.25, 0.3) is 0 Å². The highest BCUT2D eigenvalue weighted by molar-refractivity contribution is 5.74. The summed E-state index contributed by atoms with van der Waals surface area (Å²) in [4.78, 5) is 23.4. The van der Waals surface area contributed by atoms with Crippen LogP contribution in [0.15, 0.2) is 16.5 Å². The number of furan rings is 1. The van der Waals surface area contributed by atoms with E-state index in [4.69, 9.17) is 4.42 Å². The highest BCUT2D eigenvalue weighted by atomic mass is 16.6. The Morgan fingerprint density at radius 3 is 2.95 bits per heavy atom. The third-order valence-electron chi connectivity index (χ3n) is 4.43. The van der Waals surface area contributed by atoms with Crippen molar-refractivity contribution in [2.75, 3.05) is 6.54 Å². The lowest BCUT2D eigenvalue weighted by atomic mass is 9.94. The molecule has 2 fully saturated rings. The fourth-order valence-corrected chi connectivity index (χ4v) is 3.65. The van der Waals surface area contributed by atoms with Gasteiger partial charge in [-0.15, -0.1) is 0 Å². The number of rotatable bonds is 4. The van der Waals surface area contributed by atoms with Gasteiger partial charge in [-0.2, -0.15) is 0 Å². The van der Waals surface area contributed by atoms with Gasteiger partial charge in [0.05, 0.1) is 12.6 Å². The average Bonchev–Trinajstić information content (AvgIpc) is 3.02. The summed E-state index contributed by atoms with van der Waals surface area (Å²) < 4.78 is 5.12. The minimum absolute atomic E-state index is 0.206. The summed E-state index contributed by atoms with van der Waals surface area (Å²) in [6, 6.07) is 2.36. The predicted octanol–water partition coefficient (Wildman–Crippen LogP) is 1.87. The van der Waals surface area contributed by atoms with Crippen molar-refractivity contribution in [2.45, 2.75) is 31.8 Å². The zero-order valence-electron chi connectivity index (χ0n) is 10.9. The Hall–Kier alpha value is -1.89.